The first kappa shape index (κ1) is 15.2. The van der Waals surface area contributed by atoms with Gasteiger partial charge in [-0.05, 0) is 37.8 Å². The number of halogens is 2. The lowest BCUT2D eigenvalue weighted by molar-refractivity contribution is -0.177. The lowest BCUT2D eigenvalue weighted by Gasteiger charge is -2.46. The molecule has 0 saturated carbocycles. The zero-order valence-electron chi connectivity index (χ0n) is 12.0. The van der Waals surface area contributed by atoms with Crippen LogP contribution in [0, 0.1) is 5.82 Å². The summed E-state index contributed by atoms with van der Waals surface area (Å²) in [4.78, 5) is 2.21. The summed E-state index contributed by atoms with van der Waals surface area (Å²) in [7, 11) is 0. The van der Waals surface area contributed by atoms with Gasteiger partial charge in [0, 0.05) is 36.8 Å². The Balaban J connectivity index is 1.61. The Morgan fingerprint density at radius 3 is 2.81 bits per heavy atom. The van der Waals surface area contributed by atoms with E-state index in [-0.39, 0.29) is 17.5 Å². The fourth-order valence-electron chi connectivity index (χ4n) is 3.37. The van der Waals surface area contributed by atoms with E-state index in [0.717, 1.165) is 45.4 Å². The van der Waals surface area contributed by atoms with Crippen molar-refractivity contribution in [2.24, 2.45) is 0 Å². The number of nitrogens with zero attached hydrogens (tertiary/aromatic N) is 1. The third-order valence-electron chi connectivity index (χ3n) is 4.73. The Kier molecular flexibility index (Phi) is 4.50. The molecule has 3 nitrogen and oxygen atoms in total. The van der Waals surface area contributed by atoms with Crippen LogP contribution in [0.15, 0.2) is 18.2 Å². The van der Waals surface area contributed by atoms with E-state index in [1.165, 1.54) is 6.07 Å². The summed E-state index contributed by atoms with van der Waals surface area (Å²) in [5.74, 6) is -0.253. The lowest BCUT2D eigenvalue weighted by atomic mass is 9.82. The normalized spacial score (nSPS) is 26.1. The van der Waals surface area contributed by atoms with Crippen molar-refractivity contribution in [3.63, 3.8) is 0 Å². The van der Waals surface area contributed by atoms with Crippen LogP contribution in [0.1, 0.15) is 31.2 Å². The van der Waals surface area contributed by atoms with Gasteiger partial charge in [0.25, 0.3) is 0 Å². The second-order valence-corrected chi connectivity index (χ2v) is 6.52. The number of hydrogen-bond acceptors (Lipinski definition) is 3. The van der Waals surface area contributed by atoms with Crippen LogP contribution in [0.5, 0.6) is 0 Å². The average Bonchev–Trinajstić information content (AvgIpc) is 2.47. The quantitative estimate of drug-likeness (QED) is 0.911. The minimum Gasteiger partial charge on any atom is -0.390 e. The van der Waals surface area contributed by atoms with Crippen molar-refractivity contribution >= 4 is 11.6 Å². The smallest absolute Gasteiger partial charge is 0.129 e. The number of piperidine rings is 1. The van der Waals surface area contributed by atoms with Crippen LogP contribution in [0.4, 0.5) is 4.39 Å². The summed E-state index contributed by atoms with van der Waals surface area (Å²) in [6, 6.07) is 4.82. The number of aliphatic hydroxyl groups excluding tert-OH is 1. The predicted octanol–water partition coefficient (Wildman–Crippen LogP) is 2.99. The first-order valence-electron chi connectivity index (χ1n) is 7.57. The highest BCUT2D eigenvalue weighted by Crippen LogP contribution is 2.35. The highest BCUT2D eigenvalue weighted by Gasteiger charge is 2.43. The largest absolute Gasteiger partial charge is 0.390 e. The highest BCUT2D eigenvalue weighted by atomic mass is 35.5. The van der Waals surface area contributed by atoms with Crippen LogP contribution in [0.2, 0.25) is 5.02 Å². The Hall–Kier alpha value is -0.680. The van der Waals surface area contributed by atoms with Crippen LogP contribution in [0.25, 0.3) is 0 Å². The van der Waals surface area contributed by atoms with Crippen LogP contribution in [-0.2, 0) is 11.3 Å². The summed E-state index contributed by atoms with van der Waals surface area (Å²) in [5, 5.41) is 10.6. The van der Waals surface area contributed by atoms with Crippen molar-refractivity contribution in [1.82, 2.24) is 4.90 Å². The van der Waals surface area contributed by atoms with E-state index in [4.69, 9.17) is 16.3 Å². The molecular formula is C16H21ClFNO2. The topological polar surface area (TPSA) is 32.7 Å². The Labute approximate surface area is 129 Å². The minimum atomic E-state index is -0.368. The molecule has 1 spiro atoms. The van der Waals surface area contributed by atoms with E-state index in [1.807, 2.05) is 0 Å². The number of hydrogen-bond donors (Lipinski definition) is 1. The fourth-order valence-corrected chi connectivity index (χ4v) is 3.53. The molecule has 1 N–H and O–H groups in total. The second kappa shape index (κ2) is 6.21. The maximum Gasteiger partial charge on any atom is 0.129 e. The summed E-state index contributed by atoms with van der Waals surface area (Å²) < 4.78 is 19.7. The van der Waals surface area contributed by atoms with Gasteiger partial charge in [-0.2, -0.15) is 0 Å². The van der Waals surface area contributed by atoms with Gasteiger partial charge >= 0.3 is 0 Å². The molecule has 5 heteroatoms. The van der Waals surface area contributed by atoms with E-state index in [9.17, 15) is 9.50 Å². The number of rotatable bonds is 2. The van der Waals surface area contributed by atoms with E-state index in [1.54, 1.807) is 12.1 Å². The molecule has 0 amide bonds. The van der Waals surface area contributed by atoms with E-state index in [0.29, 0.717) is 17.1 Å². The van der Waals surface area contributed by atoms with Crippen molar-refractivity contribution in [2.45, 2.75) is 43.9 Å². The fraction of sp³-hybridized carbons (Fsp3) is 0.625. The van der Waals surface area contributed by atoms with Gasteiger partial charge in [-0.15, -0.1) is 0 Å². The average molecular weight is 314 g/mol. The molecule has 116 valence electrons. The molecule has 0 bridgehead atoms. The molecule has 2 heterocycles. The third kappa shape index (κ3) is 3.24. The highest BCUT2D eigenvalue weighted by molar-refractivity contribution is 6.30. The first-order valence-corrected chi connectivity index (χ1v) is 7.95. The molecule has 3 rings (SSSR count). The number of ether oxygens (including phenoxy) is 1. The van der Waals surface area contributed by atoms with Gasteiger partial charge in [0.05, 0.1) is 11.7 Å². The van der Waals surface area contributed by atoms with Gasteiger partial charge in [0.2, 0.25) is 0 Å². The van der Waals surface area contributed by atoms with E-state index >= 15 is 0 Å². The standard InChI is InChI=1S/C16H21ClFNO2/c17-13-4-3-12(14(18)10-13)11-19-7-5-16(6-8-19)15(20)2-1-9-21-16/h3-4,10,15,20H,1-2,5-9,11H2. The van der Waals surface area contributed by atoms with Crippen molar-refractivity contribution in [2.75, 3.05) is 19.7 Å². The van der Waals surface area contributed by atoms with Crippen molar-refractivity contribution < 1.29 is 14.2 Å². The van der Waals surface area contributed by atoms with Gasteiger partial charge in [-0.25, -0.2) is 4.39 Å². The Morgan fingerprint density at radius 1 is 1.38 bits per heavy atom. The molecule has 1 atom stereocenters. The lowest BCUT2D eigenvalue weighted by Crippen LogP contribution is -2.55. The number of benzene rings is 1. The molecular weight excluding hydrogens is 293 g/mol. The van der Waals surface area contributed by atoms with Crippen LogP contribution >= 0.6 is 11.6 Å². The zero-order chi connectivity index (χ0) is 14.9. The van der Waals surface area contributed by atoms with Crippen LogP contribution in [-0.4, -0.2) is 41.4 Å². The van der Waals surface area contributed by atoms with Gasteiger partial charge in [-0.1, -0.05) is 17.7 Å². The molecule has 2 aliphatic rings. The molecule has 1 unspecified atom stereocenters. The molecule has 1 aromatic rings. The van der Waals surface area contributed by atoms with E-state index in [2.05, 4.69) is 4.90 Å². The molecule has 2 saturated heterocycles. The van der Waals surface area contributed by atoms with Crippen molar-refractivity contribution in [3.05, 3.63) is 34.6 Å². The molecule has 21 heavy (non-hydrogen) atoms. The minimum absolute atomic E-state index is 0.253. The third-order valence-corrected chi connectivity index (χ3v) is 4.97. The molecule has 1 aromatic carbocycles. The SMILES string of the molecule is OC1CCCOC12CCN(Cc1ccc(Cl)cc1F)CC2. The van der Waals surface area contributed by atoms with Gasteiger partial charge in [0.1, 0.15) is 5.82 Å². The number of likely N-dealkylation sites (tertiary alicyclic amines) is 1. The van der Waals surface area contributed by atoms with Crippen LogP contribution in [0.3, 0.4) is 0 Å². The Morgan fingerprint density at radius 2 is 2.14 bits per heavy atom. The van der Waals surface area contributed by atoms with Gasteiger partial charge in [-0.3, -0.25) is 4.90 Å². The summed E-state index contributed by atoms with van der Waals surface area (Å²) >= 11 is 5.78. The summed E-state index contributed by atoms with van der Waals surface area (Å²) in [5.41, 5.74) is 0.299. The maximum atomic E-state index is 13.8. The molecule has 0 radical (unpaired) electrons. The van der Waals surface area contributed by atoms with Gasteiger partial charge < -0.3 is 9.84 Å². The second-order valence-electron chi connectivity index (χ2n) is 6.08. The number of aliphatic hydroxyl groups is 1. The summed E-state index contributed by atoms with van der Waals surface area (Å²) in [6.07, 6.45) is 3.02. The Bertz CT molecular complexity index is 503. The molecule has 2 fully saturated rings. The van der Waals surface area contributed by atoms with Crippen molar-refractivity contribution in [3.8, 4) is 0 Å². The van der Waals surface area contributed by atoms with Crippen molar-refractivity contribution in [1.29, 1.82) is 0 Å². The molecule has 0 aliphatic carbocycles. The molecule has 2 aliphatic heterocycles. The van der Waals surface area contributed by atoms with Crippen LogP contribution < -0.4 is 0 Å². The maximum absolute atomic E-state index is 13.8. The van der Waals surface area contributed by atoms with Gasteiger partial charge in [0.15, 0.2) is 0 Å². The summed E-state index contributed by atoms with van der Waals surface area (Å²) in [6.45, 7) is 2.95. The molecule has 0 aromatic heterocycles. The predicted molar refractivity (Wildman–Crippen MR) is 79.8 cm³/mol. The first-order chi connectivity index (χ1) is 10.1. The monoisotopic (exact) mass is 313 g/mol. The zero-order valence-corrected chi connectivity index (χ0v) is 12.8. The van der Waals surface area contributed by atoms with E-state index < -0.39 is 0 Å².